The fraction of sp³-hybridized carbons (Fsp3) is 0.909. The van der Waals surface area contributed by atoms with E-state index in [-0.39, 0.29) is 0 Å². The molecule has 0 saturated heterocycles. The summed E-state index contributed by atoms with van der Waals surface area (Å²) in [5.74, 6) is 2.06. The molecule has 0 amide bonds. The second-order valence-corrected chi connectivity index (χ2v) is 4.12. The highest BCUT2D eigenvalue weighted by atomic mass is 14.2. The average molecular weight is 153 g/mol. The molecule has 0 aliphatic heterocycles. The molecular weight excluding hydrogens is 132 g/mol. The van der Waals surface area contributed by atoms with Crippen molar-refractivity contribution in [1.29, 1.82) is 0 Å². The van der Waals surface area contributed by atoms with Crippen molar-refractivity contribution in [3.8, 4) is 0 Å². The summed E-state index contributed by atoms with van der Waals surface area (Å²) in [6.45, 7) is 4.58. The van der Waals surface area contributed by atoms with Crippen molar-refractivity contribution < 1.29 is 0 Å². The minimum absolute atomic E-state index is 1.01. The Morgan fingerprint density at radius 3 is 2.82 bits per heavy atom. The first-order valence-corrected chi connectivity index (χ1v) is 5.10. The molecule has 0 heterocycles. The van der Waals surface area contributed by atoms with Crippen LogP contribution in [0.25, 0.3) is 0 Å². The van der Waals surface area contributed by atoms with Gasteiger partial charge in [-0.2, -0.15) is 0 Å². The van der Waals surface area contributed by atoms with Crippen molar-refractivity contribution in [3.63, 3.8) is 0 Å². The fourth-order valence-corrected chi connectivity index (χ4v) is 2.22. The maximum atomic E-state index is 2.40. The van der Waals surface area contributed by atoms with Crippen LogP contribution in [0.3, 0.4) is 0 Å². The predicted molar refractivity (Wildman–Crippen MR) is 50.3 cm³/mol. The van der Waals surface area contributed by atoms with Gasteiger partial charge in [0.15, 0.2) is 0 Å². The highest BCUT2D eigenvalue weighted by Crippen LogP contribution is 2.31. The van der Waals surface area contributed by atoms with Crippen LogP contribution >= 0.6 is 0 Å². The van der Waals surface area contributed by atoms with Gasteiger partial charge >= 0.3 is 0 Å². The van der Waals surface area contributed by atoms with Crippen LogP contribution in [0, 0.1) is 18.3 Å². The Labute approximate surface area is 71.4 Å². The lowest BCUT2D eigenvalue weighted by molar-refractivity contribution is 0.269. The maximum Gasteiger partial charge on any atom is -0.0412 e. The summed E-state index contributed by atoms with van der Waals surface area (Å²) in [7, 11) is 0. The van der Waals surface area contributed by atoms with Crippen LogP contribution in [0.5, 0.6) is 0 Å². The zero-order valence-corrected chi connectivity index (χ0v) is 7.97. The topological polar surface area (TPSA) is 0 Å². The molecule has 11 heavy (non-hydrogen) atoms. The maximum absolute atomic E-state index is 2.40. The van der Waals surface area contributed by atoms with Gasteiger partial charge in [0.1, 0.15) is 0 Å². The lowest BCUT2D eigenvalue weighted by atomic mass is 9.80. The van der Waals surface area contributed by atoms with Crippen molar-refractivity contribution >= 4 is 0 Å². The number of hydrogen-bond donors (Lipinski definition) is 0. The molecule has 0 aromatic heterocycles. The molecule has 1 rings (SSSR count). The van der Waals surface area contributed by atoms with E-state index in [9.17, 15) is 0 Å². The van der Waals surface area contributed by atoms with Crippen molar-refractivity contribution in [3.05, 3.63) is 6.42 Å². The van der Waals surface area contributed by atoms with E-state index >= 15 is 0 Å². The van der Waals surface area contributed by atoms with E-state index in [0.717, 1.165) is 11.8 Å². The first-order valence-electron chi connectivity index (χ1n) is 5.10. The summed E-state index contributed by atoms with van der Waals surface area (Å²) < 4.78 is 0. The second kappa shape index (κ2) is 4.79. The van der Waals surface area contributed by atoms with Gasteiger partial charge in [-0.1, -0.05) is 46.0 Å². The van der Waals surface area contributed by atoms with Crippen LogP contribution < -0.4 is 0 Å². The van der Waals surface area contributed by atoms with Crippen LogP contribution in [-0.2, 0) is 0 Å². The van der Waals surface area contributed by atoms with Gasteiger partial charge in [-0.25, -0.2) is 0 Å². The highest BCUT2D eigenvalue weighted by Gasteiger charge is 2.17. The molecule has 0 heteroatoms. The Bertz CT molecular complexity index is 96.2. The molecule has 65 valence electrons. The molecule has 1 saturated carbocycles. The van der Waals surface area contributed by atoms with Crippen molar-refractivity contribution in [2.45, 2.75) is 52.4 Å². The Kier molecular flexibility index (Phi) is 3.96. The monoisotopic (exact) mass is 153 g/mol. The van der Waals surface area contributed by atoms with Gasteiger partial charge in [-0.15, -0.1) is 0 Å². The second-order valence-electron chi connectivity index (χ2n) is 4.12. The molecule has 2 atom stereocenters. The minimum Gasteiger partial charge on any atom is -0.0625 e. The molecule has 0 bridgehead atoms. The molecule has 0 aromatic carbocycles. The largest absolute Gasteiger partial charge is 0.0625 e. The van der Waals surface area contributed by atoms with Crippen molar-refractivity contribution in [2.75, 3.05) is 0 Å². The highest BCUT2D eigenvalue weighted by molar-refractivity contribution is 4.72. The third-order valence-electron chi connectivity index (χ3n) is 2.91. The van der Waals surface area contributed by atoms with E-state index in [0.29, 0.717) is 0 Å². The Morgan fingerprint density at radius 1 is 1.36 bits per heavy atom. The van der Waals surface area contributed by atoms with Crippen LogP contribution in [0.1, 0.15) is 52.4 Å². The van der Waals surface area contributed by atoms with E-state index in [2.05, 4.69) is 20.3 Å². The predicted octanol–water partition coefficient (Wildman–Crippen LogP) is 3.82. The average Bonchev–Trinajstić information content (AvgIpc) is 2.01. The standard InChI is InChI=1S/C11H21/c1-3-4-7-11-8-5-6-10(2)9-11/h3,10-11H,4-9H2,1-2H3. The molecule has 1 radical (unpaired) electrons. The van der Waals surface area contributed by atoms with E-state index in [4.69, 9.17) is 0 Å². The van der Waals surface area contributed by atoms with Gasteiger partial charge in [0.05, 0.1) is 0 Å². The van der Waals surface area contributed by atoms with Crippen LogP contribution in [0.2, 0.25) is 0 Å². The number of rotatable bonds is 3. The van der Waals surface area contributed by atoms with E-state index in [1.165, 1.54) is 38.5 Å². The van der Waals surface area contributed by atoms with Crippen LogP contribution in [0.15, 0.2) is 0 Å². The van der Waals surface area contributed by atoms with Crippen molar-refractivity contribution in [1.82, 2.24) is 0 Å². The summed E-state index contributed by atoms with van der Waals surface area (Å²) in [5.41, 5.74) is 0. The molecule has 1 aliphatic rings. The quantitative estimate of drug-likeness (QED) is 0.578. The van der Waals surface area contributed by atoms with Gasteiger partial charge in [0.25, 0.3) is 0 Å². The molecule has 0 N–H and O–H groups in total. The summed E-state index contributed by atoms with van der Waals surface area (Å²) in [6.07, 6.45) is 11.0. The summed E-state index contributed by atoms with van der Waals surface area (Å²) >= 11 is 0. The van der Waals surface area contributed by atoms with Crippen LogP contribution in [-0.4, -0.2) is 0 Å². The molecule has 0 nitrogen and oxygen atoms in total. The zero-order chi connectivity index (χ0) is 8.10. The lowest BCUT2D eigenvalue weighted by Gasteiger charge is -2.26. The lowest BCUT2D eigenvalue weighted by Crippen LogP contribution is -2.12. The van der Waals surface area contributed by atoms with Crippen LogP contribution in [0.4, 0.5) is 0 Å². The molecule has 1 aliphatic carbocycles. The van der Waals surface area contributed by atoms with E-state index < -0.39 is 0 Å². The van der Waals surface area contributed by atoms with Crippen molar-refractivity contribution in [2.24, 2.45) is 11.8 Å². The molecule has 0 aromatic rings. The minimum atomic E-state index is 1.01. The molecular formula is C11H21. The fourth-order valence-electron chi connectivity index (χ4n) is 2.22. The smallest absolute Gasteiger partial charge is 0.0412 e. The Hall–Kier alpha value is 0. The Morgan fingerprint density at radius 2 is 2.18 bits per heavy atom. The Balaban J connectivity index is 2.12. The SMILES string of the molecule is C[CH]CCC1CCCC(C)C1. The van der Waals surface area contributed by atoms with Gasteiger partial charge in [-0.05, 0) is 24.7 Å². The summed E-state index contributed by atoms with van der Waals surface area (Å²) in [6, 6.07) is 0. The number of hydrogen-bond acceptors (Lipinski definition) is 0. The van der Waals surface area contributed by atoms with E-state index in [1.54, 1.807) is 0 Å². The molecule has 2 unspecified atom stereocenters. The first kappa shape index (κ1) is 9.09. The van der Waals surface area contributed by atoms with E-state index in [1.807, 2.05) is 0 Å². The number of unbranched alkanes of at least 4 members (excludes halogenated alkanes) is 1. The van der Waals surface area contributed by atoms with Gasteiger partial charge in [-0.3, -0.25) is 0 Å². The first-order chi connectivity index (χ1) is 5.33. The summed E-state index contributed by atoms with van der Waals surface area (Å²) in [4.78, 5) is 0. The third kappa shape index (κ3) is 3.27. The van der Waals surface area contributed by atoms with Gasteiger partial charge in [0, 0.05) is 0 Å². The van der Waals surface area contributed by atoms with Gasteiger partial charge in [0.2, 0.25) is 0 Å². The zero-order valence-electron chi connectivity index (χ0n) is 7.97. The third-order valence-corrected chi connectivity index (χ3v) is 2.91. The summed E-state index contributed by atoms with van der Waals surface area (Å²) in [5, 5.41) is 0. The molecule has 1 fully saturated rings. The van der Waals surface area contributed by atoms with Gasteiger partial charge < -0.3 is 0 Å². The normalized spacial score (nSPS) is 32.2. The molecule has 0 spiro atoms.